The van der Waals surface area contributed by atoms with Crippen molar-refractivity contribution in [2.45, 2.75) is 51.6 Å². The van der Waals surface area contributed by atoms with Crippen LogP contribution in [0.2, 0.25) is 0 Å². The molecule has 1 aromatic rings. The molecule has 0 aromatic heterocycles. The first-order valence-corrected chi connectivity index (χ1v) is 8.73. The number of benzene rings is 1. The Balaban J connectivity index is 1.92. The Labute approximate surface area is 145 Å². The molecule has 0 bridgehead atoms. The molecule has 132 valence electrons. The van der Waals surface area contributed by atoms with Gasteiger partial charge in [0.15, 0.2) is 0 Å². The van der Waals surface area contributed by atoms with E-state index in [1.165, 1.54) is 11.1 Å². The second kappa shape index (κ2) is 8.18. The van der Waals surface area contributed by atoms with Crippen molar-refractivity contribution in [1.82, 2.24) is 15.1 Å². The lowest BCUT2D eigenvalue weighted by Gasteiger charge is -2.33. The molecule has 1 fully saturated rings. The molecular formula is C19H29N3O2. The fourth-order valence-corrected chi connectivity index (χ4v) is 3.12. The van der Waals surface area contributed by atoms with Gasteiger partial charge in [-0.05, 0) is 31.7 Å². The lowest BCUT2D eigenvalue weighted by molar-refractivity contribution is -0.132. The number of likely N-dealkylation sites (tertiary alicyclic amines) is 1. The van der Waals surface area contributed by atoms with Crippen molar-refractivity contribution in [2.75, 3.05) is 20.6 Å². The fourth-order valence-electron chi connectivity index (χ4n) is 3.12. The molecule has 2 atom stereocenters. The zero-order chi connectivity index (χ0) is 17.7. The molecule has 3 amide bonds. The summed E-state index contributed by atoms with van der Waals surface area (Å²) >= 11 is 0. The van der Waals surface area contributed by atoms with E-state index in [9.17, 15) is 9.59 Å². The predicted octanol–water partition coefficient (Wildman–Crippen LogP) is 2.58. The van der Waals surface area contributed by atoms with Crippen LogP contribution in [0.3, 0.4) is 0 Å². The van der Waals surface area contributed by atoms with Crippen LogP contribution >= 0.6 is 0 Å². The van der Waals surface area contributed by atoms with Crippen LogP contribution < -0.4 is 5.32 Å². The van der Waals surface area contributed by atoms with Crippen LogP contribution in [0.1, 0.15) is 37.3 Å². The number of piperidine rings is 1. The third-order valence-electron chi connectivity index (χ3n) is 4.89. The highest BCUT2D eigenvalue weighted by molar-refractivity contribution is 5.78. The molecule has 0 aliphatic carbocycles. The van der Waals surface area contributed by atoms with Gasteiger partial charge >= 0.3 is 6.03 Å². The highest BCUT2D eigenvalue weighted by atomic mass is 16.2. The maximum atomic E-state index is 12.6. The van der Waals surface area contributed by atoms with Crippen LogP contribution in [0.5, 0.6) is 0 Å². The summed E-state index contributed by atoms with van der Waals surface area (Å²) in [6.45, 7) is 4.77. The number of nitrogens with zero attached hydrogens (tertiary/aromatic N) is 2. The summed E-state index contributed by atoms with van der Waals surface area (Å²) in [5, 5.41) is 3.07. The minimum Gasteiger partial charge on any atom is -0.344 e. The Morgan fingerprint density at radius 1 is 1.38 bits per heavy atom. The number of urea groups is 1. The Hall–Kier alpha value is -2.04. The second-order valence-corrected chi connectivity index (χ2v) is 6.82. The molecule has 1 saturated heterocycles. The van der Waals surface area contributed by atoms with Crippen LogP contribution in [0, 0.1) is 6.92 Å². The molecular weight excluding hydrogens is 302 g/mol. The fraction of sp³-hybridized carbons (Fsp3) is 0.579. The van der Waals surface area contributed by atoms with Gasteiger partial charge in [0.05, 0.1) is 0 Å². The van der Waals surface area contributed by atoms with E-state index in [0.717, 1.165) is 19.3 Å². The molecule has 2 rings (SSSR count). The minimum atomic E-state index is -0.0540. The molecule has 1 aliphatic rings. The quantitative estimate of drug-likeness (QED) is 0.901. The molecule has 0 unspecified atom stereocenters. The lowest BCUT2D eigenvalue weighted by atomic mass is 10.0. The van der Waals surface area contributed by atoms with Crippen molar-refractivity contribution < 1.29 is 9.59 Å². The summed E-state index contributed by atoms with van der Waals surface area (Å²) in [6, 6.07) is 8.63. The number of carbonyl (C=O) groups is 2. The highest BCUT2D eigenvalue weighted by Gasteiger charge is 2.26. The van der Waals surface area contributed by atoms with E-state index in [1.807, 2.05) is 7.05 Å². The van der Waals surface area contributed by atoms with E-state index in [1.54, 1.807) is 16.8 Å². The van der Waals surface area contributed by atoms with E-state index in [2.05, 4.69) is 43.4 Å². The third-order valence-corrected chi connectivity index (χ3v) is 4.89. The van der Waals surface area contributed by atoms with Crippen LogP contribution in [0.15, 0.2) is 24.3 Å². The zero-order valence-corrected chi connectivity index (χ0v) is 15.2. The van der Waals surface area contributed by atoms with E-state index >= 15 is 0 Å². The number of nitrogens with one attached hydrogen (secondary N) is 1. The molecule has 5 nitrogen and oxygen atoms in total. The molecule has 1 N–H and O–H groups in total. The summed E-state index contributed by atoms with van der Waals surface area (Å²) in [4.78, 5) is 27.6. The van der Waals surface area contributed by atoms with Gasteiger partial charge < -0.3 is 15.1 Å². The topological polar surface area (TPSA) is 52.7 Å². The van der Waals surface area contributed by atoms with Gasteiger partial charge in [-0.25, -0.2) is 4.79 Å². The van der Waals surface area contributed by atoms with Crippen LogP contribution in [0.4, 0.5) is 4.79 Å². The first-order valence-electron chi connectivity index (χ1n) is 8.73. The van der Waals surface area contributed by atoms with Gasteiger partial charge in [0.2, 0.25) is 5.91 Å². The van der Waals surface area contributed by atoms with Gasteiger partial charge in [-0.3, -0.25) is 4.79 Å². The van der Waals surface area contributed by atoms with Gasteiger partial charge in [-0.2, -0.15) is 0 Å². The van der Waals surface area contributed by atoms with Crippen molar-refractivity contribution in [2.24, 2.45) is 0 Å². The van der Waals surface area contributed by atoms with Crippen LogP contribution in [0.25, 0.3) is 0 Å². The highest BCUT2D eigenvalue weighted by Crippen LogP contribution is 2.14. The van der Waals surface area contributed by atoms with E-state index < -0.39 is 0 Å². The summed E-state index contributed by atoms with van der Waals surface area (Å²) < 4.78 is 0. The lowest BCUT2D eigenvalue weighted by Crippen LogP contribution is -2.53. The molecule has 1 heterocycles. The Kier molecular flexibility index (Phi) is 6.23. The number of hydrogen-bond donors (Lipinski definition) is 1. The van der Waals surface area contributed by atoms with Gasteiger partial charge in [0, 0.05) is 39.1 Å². The standard InChI is InChI=1S/C19H29N3O2/c1-5-17(12-15-8-6-14(2)7-9-15)22(4)19(24)20-16-10-11-18(23)21(3)13-16/h6-9,16-17H,5,10-13H2,1-4H3,(H,20,24)/t16-,17+/m0/s1. The molecule has 1 aliphatic heterocycles. The normalized spacial score (nSPS) is 19.1. The van der Waals surface area contributed by atoms with Gasteiger partial charge in [-0.1, -0.05) is 36.8 Å². The summed E-state index contributed by atoms with van der Waals surface area (Å²) in [5.41, 5.74) is 2.49. The molecule has 0 radical (unpaired) electrons. The Bertz CT molecular complexity index is 570. The Morgan fingerprint density at radius 3 is 2.62 bits per heavy atom. The van der Waals surface area contributed by atoms with Crippen molar-refractivity contribution in [3.8, 4) is 0 Å². The second-order valence-electron chi connectivity index (χ2n) is 6.82. The smallest absolute Gasteiger partial charge is 0.317 e. The van der Waals surface area contributed by atoms with Crippen LogP contribution in [-0.4, -0.2) is 54.5 Å². The summed E-state index contributed by atoms with van der Waals surface area (Å²) in [5.74, 6) is 0.152. The van der Waals surface area contributed by atoms with Crippen molar-refractivity contribution in [1.29, 1.82) is 0 Å². The maximum Gasteiger partial charge on any atom is 0.317 e. The number of hydrogen-bond acceptors (Lipinski definition) is 2. The van der Waals surface area contributed by atoms with Gasteiger partial charge in [0.25, 0.3) is 0 Å². The van der Waals surface area contributed by atoms with E-state index in [0.29, 0.717) is 13.0 Å². The zero-order valence-electron chi connectivity index (χ0n) is 15.2. The minimum absolute atomic E-state index is 0.0412. The number of likely N-dealkylation sites (N-methyl/N-ethyl adjacent to an activating group) is 2. The maximum absolute atomic E-state index is 12.6. The summed E-state index contributed by atoms with van der Waals surface area (Å²) in [6.07, 6.45) is 2.98. The number of aryl methyl sites for hydroxylation is 1. The van der Waals surface area contributed by atoms with E-state index in [4.69, 9.17) is 0 Å². The number of carbonyl (C=O) groups excluding carboxylic acids is 2. The first-order chi connectivity index (χ1) is 11.4. The largest absolute Gasteiger partial charge is 0.344 e. The molecule has 1 aromatic carbocycles. The number of amides is 3. The van der Waals surface area contributed by atoms with E-state index in [-0.39, 0.29) is 24.0 Å². The monoisotopic (exact) mass is 331 g/mol. The van der Waals surface area contributed by atoms with Gasteiger partial charge in [0.1, 0.15) is 0 Å². The molecule has 5 heteroatoms. The SMILES string of the molecule is CC[C@H](Cc1ccc(C)cc1)N(C)C(=O)N[C@H]1CCC(=O)N(C)C1. The van der Waals surface area contributed by atoms with Gasteiger partial charge in [-0.15, -0.1) is 0 Å². The molecule has 0 spiro atoms. The number of rotatable bonds is 5. The average molecular weight is 331 g/mol. The van der Waals surface area contributed by atoms with Crippen molar-refractivity contribution >= 4 is 11.9 Å². The van der Waals surface area contributed by atoms with Crippen molar-refractivity contribution in [3.05, 3.63) is 35.4 Å². The third kappa shape index (κ3) is 4.73. The average Bonchev–Trinajstić information content (AvgIpc) is 2.57. The Morgan fingerprint density at radius 2 is 2.04 bits per heavy atom. The predicted molar refractivity (Wildman–Crippen MR) is 95.9 cm³/mol. The molecule has 0 saturated carbocycles. The van der Waals surface area contributed by atoms with Crippen LogP contribution in [-0.2, 0) is 11.2 Å². The summed E-state index contributed by atoms with van der Waals surface area (Å²) in [7, 11) is 3.64. The molecule has 24 heavy (non-hydrogen) atoms. The first kappa shape index (κ1) is 18.3. The van der Waals surface area contributed by atoms with Crippen molar-refractivity contribution in [3.63, 3.8) is 0 Å².